The van der Waals surface area contributed by atoms with Gasteiger partial charge < -0.3 is 9.84 Å². The third-order valence-electron chi connectivity index (χ3n) is 2.97. The molecule has 116 valence electrons. The quantitative estimate of drug-likeness (QED) is 0.848. The van der Waals surface area contributed by atoms with Gasteiger partial charge in [-0.25, -0.2) is 13.2 Å². The van der Waals surface area contributed by atoms with Crippen molar-refractivity contribution in [3.8, 4) is 0 Å². The van der Waals surface area contributed by atoms with Crippen molar-refractivity contribution in [3.63, 3.8) is 0 Å². The molecule has 1 heterocycles. The molecule has 2 rings (SSSR count). The minimum Gasteiger partial charge on any atom is -0.478 e. The lowest BCUT2D eigenvalue weighted by molar-refractivity contribution is 0.0698. The van der Waals surface area contributed by atoms with Crippen LogP contribution in [0.4, 0.5) is 5.69 Å². The number of carbonyl (C=O) groups is 1. The molecule has 1 fully saturated rings. The van der Waals surface area contributed by atoms with Gasteiger partial charge in [0.05, 0.1) is 28.1 Å². The molecular weight excluding hydrogens is 341 g/mol. The van der Waals surface area contributed by atoms with Crippen LogP contribution in [-0.2, 0) is 14.8 Å². The average molecular weight is 354 g/mol. The van der Waals surface area contributed by atoms with E-state index in [2.05, 4.69) is 4.72 Å². The van der Waals surface area contributed by atoms with E-state index < -0.39 is 16.0 Å². The topological polar surface area (TPSA) is 92.7 Å². The molecule has 0 radical (unpaired) electrons. The van der Waals surface area contributed by atoms with Crippen LogP contribution in [0.3, 0.4) is 0 Å². The highest BCUT2D eigenvalue weighted by molar-refractivity contribution is 7.92. The molecule has 1 aliphatic rings. The van der Waals surface area contributed by atoms with Gasteiger partial charge in [0, 0.05) is 11.6 Å². The Balaban J connectivity index is 2.27. The van der Waals surface area contributed by atoms with Crippen molar-refractivity contribution in [1.82, 2.24) is 0 Å². The van der Waals surface area contributed by atoms with E-state index in [9.17, 15) is 13.2 Å². The van der Waals surface area contributed by atoms with Crippen molar-refractivity contribution in [2.45, 2.75) is 18.9 Å². The number of halogens is 2. The second-order valence-electron chi connectivity index (χ2n) is 4.63. The number of benzene rings is 1. The van der Waals surface area contributed by atoms with Crippen molar-refractivity contribution in [2.75, 3.05) is 17.1 Å². The van der Waals surface area contributed by atoms with E-state index in [-0.39, 0.29) is 33.2 Å². The van der Waals surface area contributed by atoms with Crippen LogP contribution in [0.5, 0.6) is 0 Å². The summed E-state index contributed by atoms with van der Waals surface area (Å²) < 4.78 is 31.7. The second kappa shape index (κ2) is 6.39. The highest BCUT2D eigenvalue weighted by Gasteiger charge is 2.26. The predicted octanol–water partition coefficient (Wildman–Crippen LogP) is 2.61. The monoisotopic (exact) mass is 353 g/mol. The number of aromatic carboxylic acids is 1. The second-order valence-corrected chi connectivity index (χ2v) is 7.24. The summed E-state index contributed by atoms with van der Waals surface area (Å²) in [5.74, 6) is -1.57. The zero-order chi connectivity index (χ0) is 15.6. The largest absolute Gasteiger partial charge is 0.478 e. The third kappa shape index (κ3) is 4.23. The van der Waals surface area contributed by atoms with Gasteiger partial charge in [0.2, 0.25) is 10.0 Å². The maximum atomic E-state index is 12.1. The number of anilines is 1. The Hall–Kier alpha value is -1.02. The van der Waals surface area contributed by atoms with Gasteiger partial charge in [-0.05, 0) is 25.0 Å². The number of sulfonamides is 1. The molecule has 1 atom stereocenters. The van der Waals surface area contributed by atoms with Gasteiger partial charge in [0.15, 0.2) is 0 Å². The Bertz CT molecular complexity index is 656. The summed E-state index contributed by atoms with van der Waals surface area (Å²) >= 11 is 11.6. The standard InChI is InChI=1S/C12H13Cl2NO5S/c13-7-4-9(12(16)17)11(10(14)5-7)15-21(18,19)6-8-2-1-3-20-8/h4-5,8,15H,1-3,6H2,(H,16,17). The fraction of sp³-hybridized carbons (Fsp3) is 0.417. The summed E-state index contributed by atoms with van der Waals surface area (Å²) in [5, 5.41) is 9.16. The maximum Gasteiger partial charge on any atom is 0.337 e. The SMILES string of the molecule is O=C(O)c1cc(Cl)cc(Cl)c1NS(=O)(=O)CC1CCCO1. The van der Waals surface area contributed by atoms with Gasteiger partial charge in [-0.15, -0.1) is 0 Å². The zero-order valence-electron chi connectivity index (χ0n) is 10.8. The van der Waals surface area contributed by atoms with E-state index in [1.807, 2.05) is 0 Å². The molecule has 0 amide bonds. The zero-order valence-corrected chi connectivity index (χ0v) is 13.1. The predicted molar refractivity (Wildman–Crippen MR) is 79.8 cm³/mol. The summed E-state index contributed by atoms with van der Waals surface area (Å²) in [6.45, 7) is 0.530. The van der Waals surface area contributed by atoms with E-state index in [0.29, 0.717) is 13.0 Å². The molecule has 9 heteroatoms. The van der Waals surface area contributed by atoms with Crippen LogP contribution in [0.1, 0.15) is 23.2 Å². The first kappa shape index (κ1) is 16.4. The third-order valence-corrected chi connectivity index (χ3v) is 4.81. The van der Waals surface area contributed by atoms with E-state index >= 15 is 0 Å². The van der Waals surface area contributed by atoms with E-state index in [1.54, 1.807) is 0 Å². The average Bonchev–Trinajstić information content (AvgIpc) is 2.83. The number of hydrogen-bond donors (Lipinski definition) is 2. The van der Waals surface area contributed by atoms with Gasteiger partial charge in [-0.2, -0.15) is 0 Å². The molecule has 1 aliphatic heterocycles. The lowest BCUT2D eigenvalue weighted by Crippen LogP contribution is -2.26. The summed E-state index contributed by atoms with van der Waals surface area (Å²) in [6, 6.07) is 2.42. The highest BCUT2D eigenvalue weighted by Crippen LogP contribution is 2.31. The van der Waals surface area contributed by atoms with Crippen molar-refractivity contribution >= 4 is 44.9 Å². The number of hydrogen-bond acceptors (Lipinski definition) is 4. The molecule has 6 nitrogen and oxygen atoms in total. The Morgan fingerprint density at radius 1 is 1.43 bits per heavy atom. The van der Waals surface area contributed by atoms with Crippen molar-refractivity contribution in [1.29, 1.82) is 0 Å². The van der Waals surface area contributed by atoms with Gasteiger partial charge in [0.25, 0.3) is 0 Å². The van der Waals surface area contributed by atoms with E-state index in [4.69, 9.17) is 33.0 Å². The van der Waals surface area contributed by atoms with E-state index in [1.165, 1.54) is 6.07 Å². The Morgan fingerprint density at radius 2 is 2.14 bits per heavy atom. The number of ether oxygens (including phenoxy) is 1. The molecule has 0 spiro atoms. The Kier molecular flexibility index (Phi) is 4.98. The van der Waals surface area contributed by atoms with Crippen molar-refractivity contribution < 1.29 is 23.1 Å². The van der Waals surface area contributed by atoms with Crippen LogP contribution in [-0.4, -0.2) is 38.0 Å². The molecule has 1 aromatic carbocycles. The number of nitrogens with one attached hydrogen (secondary N) is 1. The van der Waals surface area contributed by atoms with Crippen LogP contribution < -0.4 is 4.72 Å². The van der Waals surface area contributed by atoms with Crippen LogP contribution in [0.2, 0.25) is 10.0 Å². The fourth-order valence-corrected chi connectivity index (χ4v) is 4.03. The minimum absolute atomic E-state index is 0.0733. The summed E-state index contributed by atoms with van der Waals surface area (Å²) in [6.07, 6.45) is 1.07. The summed E-state index contributed by atoms with van der Waals surface area (Å²) in [4.78, 5) is 11.2. The Morgan fingerprint density at radius 3 is 2.71 bits per heavy atom. The molecule has 1 unspecified atom stereocenters. The van der Waals surface area contributed by atoms with Gasteiger partial charge in [-0.1, -0.05) is 23.2 Å². The maximum absolute atomic E-state index is 12.1. The molecule has 0 saturated carbocycles. The number of rotatable bonds is 5. The fourth-order valence-electron chi connectivity index (χ4n) is 2.06. The first-order chi connectivity index (χ1) is 9.78. The lowest BCUT2D eigenvalue weighted by atomic mass is 10.2. The molecule has 1 aromatic rings. The highest BCUT2D eigenvalue weighted by atomic mass is 35.5. The lowest BCUT2D eigenvalue weighted by Gasteiger charge is -2.15. The molecule has 0 bridgehead atoms. The molecule has 0 aliphatic carbocycles. The van der Waals surface area contributed by atoms with Crippen LogP contribution in [0, 0.1) is 0 Å². The first-order valence-corrected chi connectivity index (χ1v) is 8.54. The normalized spacial score (nSPS) is 18.7. The minimum atomic E-state index is -3.78. The van der Waals surface area contributed by atoms with Gasteiger partial charge in [0.1, 0.15) is 0 Å². The number of carboxylic acid groups (broad SMARTS) is 1. The van der Waals surface area contributed by atoms with Crippen LogP contribution in [0.15, 0.2) is 12.1 Å². The van der Waals surface area contributed by atoms with Crippen molar-refractivity contribution in [3.05, 3.63) is 27.7 Å². The molecule has 2 N–H and O–H groups in total. The van der Waals surface area contributed by atoms with Gasteiger partial charge in [-0.3, -0.25) is 4.72 Å². The smallest absolute Gasteiger partial charge is 0.337 e. The molecule has 0 aromatic heterocycles. The molecular formula is C12H13Cl2NO5S. The first-order valence-electron chi connectivity index (χ1n) is 6.13. The van der Waals surface area contributed by atoms with Crippen LogP contribution >= 0.6 is 23.2 Å². The molecule has 21 heavy (non-hydrogen) atoms. The summed E-state index contributed by atoms with van der Waals surface area (Å²) in [5.41, 5.74) is -0.491. The number of carboxylic acids is 1. The van der Waals surface area contributed by atoms with Crippen LogP contribution in [0.25, 0.3) is 0 Å². The van der Waals surface area contributed by atoms with Gasteiger partial charge >= 0.3 is 5.97 Å². The summed E-state index contributed by atoms with van der Waals surface area (Å²) in [7, 11) is -3.78. The van der Waals surface area contributed by atoms with Crippen molar-refractivity contribution in [2.24, 2.45) is 0 Å². The van der Waals surface area contributed by atoms with E-state index in [0.717, 1.165) is 12.5 Å². The Labute approximate surface area is 132 Å². The molecule has 1 saturated heterocycles.